The highest BCUT2D eigenvalue weighted by Gasteiger charge is 2.14. The van der Waals surface area contributed by atoms with Gasteiger partial charge in [-0.2, -0.15) is 0 Å². The fourth-order valence-corrected chi connectivity index (χ4v) is 1.68. The van der Waals surface area contributed by atoms with Crippen LogP contribution in [-0.2, 0) is 0 Å². The van der Waals surface area contributed by atoms with Crippen molar-refractivity contribution in [2.45, 2.75) is 13.0 Å². The first-order valence-electron chi connectivity index (χ1n) is 4.64. The average molecular weight is 296 g/mol. The van der Waals surface area contributed by atoms with Crippen LogP contribution in [0.2, 0.25) is 0 Å². The molecule has 0 bridgehead atoms. The lowest BCUT2D eigenvalue weighted by atomic mass is 10.2. The molecule has 0 saturated heterocycles. The van der Waals surface area contributed by atoms with Crippen LogP contribution in [0.3, 0.4) is 0 Å². The van der Waals surface area contributed by atoms with Crippen molar-refractivity contribution in [3.63, 3.8) is 0 Å². The van der Waals surface area contributed by atoms with E-state index in [1.54, 1.807) is 0 Å². The van der Waals surface area contributed by atoms with Gasteiger partial charge < -0.3 is 15.5 Å². The molecule has 0 amide bonds. The van der Waals surface area contributed by atoms with E-state index in [2.05, 4.69) is 21.2 Å². The summed E-state index contributed by atoms with van der Waals surface area (Å²) in [6, 6.07) is 1.25. The number of nitrogens with one attached hydrogen (secondary N) is 1. The largest absolute Gasteiger partial charge is 0.394 e. The van der Waals surface area contributed by atoms with Gasteiger partial charge in [-0.15, -0.1) is 0 Å². The Bertz CT molecular complexity index is 388. The molecule has 0 aliphatic rings. The van der Waals surface area contributed by atoms with Crippen LogP contribution in [-0.4, -0.2) is 29.5 Å². The van der Waals surface area contributed by atoms with E-state index in [9.17, 15) is 8.78 Å². The van der Waals surface area contributed by atoms with Gasteiger partial charge in [0.1, 0.15) is 5.82 Å². The number of aliphatic hydroxyl groups excluding tert-OH is 2. The molecule has 1 unspecified atom stereocenters. The Morgan fingerprint density at radius 3 is 2.62 bits per heavy atom. The molecule has 0 radical (unpaired) electrons. The topological polar surface area (TPSA) is 52.5 Å². The van der Waals surface area contributed by atoms with Crippen LogP contribution in [0, 0.1) is 18.6 Å². The van der Waals surface area contributed by atoms with Crippen LogP contribution in [0.4, 0.5) is 14.5 Å². The Morgan fingerprint density at radius 1 is 1.44 bits per heavy atom. The molecule has 0 aliphatic heterocycles. The Hall–Kier alpha value is -0.720. The first-order chi connectivity index (χ1) is 7.47. The fourth-order valence-electron chi connectivity index (χ4n) is 1.15. The zero-order chi connectivity index (χ0) is 12.3. The quantitative estimate of drug-likeness (QED) is 0.743. The molecule has 0 saturated carbocycles. The van der Waals surface area contributed by atoms with E-state index in [0.29, 0.717) is 0 Å². The fraction of sp³-hybridized carbons (Fsp3) is 0.400. The Balaban J connectivity index is 2.89. The maximum absolute atomic E-state index is 13.5. The van der Waals surface area contributed by atoms with Crippen LogP contribution in [0.25, 0.3) is 0 Å². The van der Waals surface area contributed by atoms with Gasteiger partial charge in [0.05, 0.1) is 22.9 Å². The summed E-state index contributed by atoms with van der Waals surface area (Å²) in [5, 5.41) is 20.3. The summed E-state index contributed by atoms with van der Waals surface area (Å²) in [6.07, 6.45) is -0.983. The van der Waals surface area contributed by atoms with E-state index in [-0.39, 0.29) is 22.3 Å². The number of aliphatic hydroxyl groups is 2. The van der Waals surface area contributed by atoms with Gasteiger partial charge >= 0.3 is 0 Å². The third kappa shape index (κ3) is 2.90. The standard InChI is InChI=1S/C10H12BrF2NO2/c1-5-9(12)7(11)2-8(10(5)13)14-3-6(16)4-15/h2,6,14-16H,3-4H2,1H3. The lowest BCUT2D eigenvalue weighted by molar-refractivity contribution is 0.105. The number of anilines is 1. The molecule has 0 heterocycles. The Labute approximate surface area is 100 Å². The zero-order valence-electron chi connectivity index (χ0n) is 8.60. The van der Waals surface area contributed by atoms with Gasteiger partial charge in [-0.3, -0.25) is 0 Å². The van der Waals surface area contributed by atoms with Gasteiger partial charge in [-0.05, 0) is 28.9 Å². The van der Waals surface area contributed by atoms with Crippen molar-refractivity contribution < 1.29 is 19.0 Å². The van der Waals surface area contributed by atoms with Crippen LogP contribution in [0.15, 0.2) is 10.5 Å². The third-order valence-electron chi connectivity index (χ3n) is 2.11. The first-order valence-corrected chi connectivity index (χ1v) is 5.43. The molecule has 1 aromatic rings. The van der Waals surface area contributed by atoms with Crippen molar-refractivity contribution in [1.29, 1.82) is 0 Å². The predicted molar refractivity (Wildman–Crippen MR) is 60.4 cm³/mol. The van der Waals surface area contributed by atoms with Gasteiger partial charge in [0.25, 0.3) is 0 Å². The Morgan fingerprint density at radius 2 is 2.06 bits per heavy atom. The van der Waals surface area contributed by atoms with Crippen LogP contribution in [0.5, 0.6) is 0 Å². The molecule has 1 aromatic carbocycles. The van der Waals surface area contributed by atoms with Gasteiger partial charge in [-0.25, -0.2) is 8.78 Å². The highest BCUT2D eigenvalue weighted by Crippen LogP contribution is 2.27. The van der Waals surface area contributed by atoms with Crippen molar-refractivity contribution in [2.24, 2.45) is 0 Å². The summed E-state index contributed by atoms with van der Waals surface area (Å²) in [6.45, 7) is 0.893. The third-order valence-corrected chi connectivity index (χ3v) is 2.69. The SMILES string of the molecule is Cc1c(F)c(Br)cc(NCC(O)CO)c1F. The lowest BCUT2D eigenvalue weighted by Gasteiger charge is -2.13. The van der Waals surface area contributed by atoms with E-state index >= 15 is 0 Å². The van der Waals surface area contributed by atoms with E-state index in [1.807, 2.05) is 0 Å². The van der Waals surface area contributed by atoms with Crippen molar-refractivity contribution in [3.05, 3.63) is 27.7 Å². The molecule has 0 aromatic heterocycles. The predicted octanol–water partition coefficient (Wildman–Crippen LogP) is 1.80. The monoisotopic (exact) mass is 295 g/mol. The van der Waals surface area contributed by atoms with E-state index in [4.69, 9.17) is 10.2 Å². The smallest absolute Gasteiger partial charge is 0.152 e. The molecule has 1 atom stereocenters. The van der Waals surface area contributed by atoms with Gasteiger partial charge in [0.15, 0.2) is 5.82 Å². The second-order valence-electron chi connectivity index (χ2n) is 3.38. The van der Waals surface area contributed by atoms with Crippen molar-refractivity contribution in [3.8, 4) is 0 Å². The number of halogens is 3. The molecule has 0 fully saturated rings. The second-order valence-corrected chi connectivity index (χ2v) is 4.23. The number of benzene rings is 1. The lowest BCUT2D eigenvalue weighted by Crippen LogP contribution is -2.23. The van der Waals surface area contributed by atoms with Crippen molar-refractivity contribution in [2.75, 3.05) is 18.5 Å². The van der Waals surface area contributed by atoms with E-state index in [1.165, 1.54) is 13.0 Å². The number of rotatable bonds is 4. The molecular formula is C10H12BrF2NO2. The molecule has 6 heteroatoms. The molecule has 90 valence electrons. The highest BCUT2D eigenvalue weighted by atomic mass is 79.9. The summed E-state index contributed by atoms with van der Waals surface area (Å²) in [4.78, 5) is 0. The minimum atomic E-state index is -0.983. The molecular weight excluding hydrogens is 284 g/mol. The molecule has 1 rings (SSSR count). The highest BCUT2D eigenvalue weighted by molar-refractivity contribution is 9.10. The van der Waals surface area contributed by atoms with E-state index in [0.717, 1.165) is 0 Å². The second kappa shape index (κ2) is 5.56. The summed E-state index contributed by atoms with van der Waals surface area (Å²) in [5.74, 6) is -1.35. The molecule has 16 heavy (non-hydrogen) atoms. The zero-order valence-corrected chi connectivity index (χ0v) is 10.2. The van der Waals surface area contributed by atoms with Crippen LogP contribution in [0.1, 0.15) is 5.56 Å². The molecule has 3 N–H and O–H groups in total. The van der Waals surface area contributed by atoms with E-state index < -0.39 is 24.3 Å². The molecule has 0 aliphatic carbocycles. The first kappa shape index (κ1) is 13.3. The number of hydrogen-bond acceptors (Lipinski definition) is 3. The summed E-state index contributed by atoms with van der Waals surface area (Å²) < 4.78 is 26.9. The maximum atomic E-state index is 13.5. The molecule has 0 spiro atoms. The van der Waals surface area contributed by atoms with Gasteiger partial charge in [-0.1, -0.05) is 0 Å². The Kier molecular flexibility index (Phi) is 4.64. The van der Waals surface area contributed by atoms with Gasteiger partial charge in [0, 0.05) is 12.1 Å². The van der Waals surface area contributed by atoms with Crippen LogP contribution < -0.4 is 5.32 Å². The summed E-state index contributed by atoms with van der Waals surface area (Å²) >= 11 is 2.96. The minimum Gasteiger partial charge on any atom is -0.394 e. The van der Waals surface area contributed by atoms with Crippen molar-refractivity contribution in [1.82, 2.24) is 0 Å². The minimum absolute atomic E-state index is 0.00900. The van der Waals surface area contributed by atoms with Gasteiger partial charge in [0.2, 0.25) is 0 Å². The summed E-state index contributed by atoms with van der Waals surface area (Å²) in [5.41, 5.74) is -0.0198. The van der Waals surface area contributed by atoms with Crippen molar-refractivity contribution >= 4 is 21.6 Å². The molecule has 3 nitrogen and oxygen atoms in total. The van der Waals surface area contributed by atoms with Crippen LogP contribution >= 0.6 is 15.9 Å². The maximum Gasteiger partial charge on any atom is 0.152 e. The normalized spacial score (nSPS) is 12.6. The average Bonchev–Trinajstić information content (AvgIpc) is 2.28. The summed E-state index contributed by atoms with van der Waals surface area (Å²) in [7, 11) is 0. The number of hydrogen-bond donors (Lipinski definition) is 3.